The number of carbonyl (C=O) groups is 1. The largest absolute Gasteiger partial charge is 0.348 e. The Morgan fingerprint density at radius 3 is 2.59 bits per heavy atom. The molecule has 2 aromatic rings. The molecule has 0 saturated heterocycles. The Kier molecular flexibility index (Phi) is 4.72. The van der Waals surface area contributed by atoms with Crippen molar-refractivity contribution in [3.63, 3.8) is 0 Å². The lowest BCUT2D eigenvalue weighted by Crippen LogP contribution is -2.38. The van der Waals surface area contributed by atoms with Crippen LogP contribution < -0.4 is 5.32 Å². The maximum Gasteiger partial charge on any atom is 0.271 e. The zero-order valence-corrected chi connectivity index (χ0v) is 13.3. The first-order valence-electron chi connectivity index (χ1n) is 7.47. The van der Waals surface area contributed by atoms with Gasteiger partial charge >= 0.3 is 0 Å². The minimum Gasteiger partial charge on any atom is -0.348 e. The number of hydrogen-bond acceptors (Lipinski definition) is 5. The number of imidazole rings is 1. The first kappa shape index (κ1) is 15.0. The van der Waals surface area contributed by atoms with E-state index in [4.69, 9.17) is 0 Å². The Labute approximate surface area is 133 Å². The number of nitrogens with zero attached hydrogens (tertiary/aromatic N) is 3. The Morgan fingerprint density at radius 2 is 1.95 bits per heavy atom. The van der Waals surface area contributed by atoms with E-state index < -0.39 is 0 Å². The van der Waals surface area contributed by atoms with E-state index in [1.165, 1.54) is 0 Å². The molecule has 2 N–H and O–H groups in total. The van der Waals surface area contributed by atoms with Gasteiger partial charge in [-0.15, -0.1) is 0 Å². The molecule has 22 heavy (non-hydrogen) atoms. The molecule has 0 bridgehead atoms. The highest BCUT2D eigenvalue weighted by atomic mass is 32.2. The molecule has 0 spiro atoms. The molecule has 7 heteroatoms. The maximum atomic E-state index is 12.1. The quantitative estimate of drug-likeness (QED) is 0.846. The first-order chi connectivity index (χ1) is 10.7. The van der Waals surface area contributed by atoms with Crippen LogP contribution in [0, 0.1) is 6.92 Å². The van der Waals surface area contributed by atoms with E-state index in [1.54, 1.807) is 30.5 Å². The molecular weight excluding hydrogens is 298 g/mol. The monoisotopic (exact) mass is 317 g/mol. The number of nitrogens with one attached hydrogen (secondary N) is 2. The van der Waals surface area contributed by atoms with Gasteiger partial charge in [0.05, 0.1) is 6.33 Å². The lowest BCUT2D eigenvalue weighted by molar-refractivity contribution is 0.0923. The fraction of sp³-hybridized carbons (Fsp3) is 0.467. The molecule has 0 aliphatic heterocycles. The number of aromatic amines is 1. The first-order valence-corrected chi connectivity index (χ1v) is 8.35. The number of aryl methyl sites for hydroxylation is 1. The van der Waals surface area contributed by atoms with E-state index in [0.717, 1.165) is 36.5 Å². The van der Waals surface area contributed by atoms with Crippen LogP contribution in [-0.4, -0.2) is 37.1 Å². The summed E-state index contributed by atoms with van der Waals surface area (Å²) < 4.78 is 0. The Morgan fingerprint density at radius 1 is 1.23 bits per heavy atom. The summed E-state index contributed by atoms with van der Waals surface area (Å²) in [6, 6.07) is 2.06. The van der Waals surface area contributed by atoms with Crippen molar-refractivity contribution in [2.45, 2.75) is 49.1 Å². The smallest absolute Gasteiger partial charge is 0.271 e. The fourth-order valence-electron chi connectivity index (χ4n) is 2.66. The predicted molar refractivity (Wildman–Crippen MR) is 84.7 cm³/mol. The molecule has 0 radical (unpaired) electrons. The van der Waals surface area contributed by atoms with Gasteiger partial charge in [0.2, 0.25) is 0 Å². The van der Waals surface area contributed by atoms with Crippen LogP contribution >= 0.6 is 11.8 Å². The topological polar surface area (TPSA) is 83.6 Å². The minimum absolute atomic E-state index is 0.0822. The number of rotatable bonds is 4. The molecule has 1 aliphatic rings. The number of H-pyrrole nitrogens is 1. The number of aromatic nitrogens is 4. The normalized spacial score (nSPS) is 21.5. The summed E-state index contributed by atoms with van der Waals surface area (Å²) in [5, 5.41) is 4.45. The van der Waals surface area contributed by atoms with E-state index >= 15 is 0 Å². The second kappa shape index (κ2) is 6.91. The van der Waals surface area contributed by atoms with Crippen LogP contribution in [0.3, 0.4) is 0 Å². The predicted octanol–water partition coefficient (Wildman–Crippen LogP) is 2.34. The summed E-state index contributed by atoms with van der Waals surface area (Å²) >= 11 is 1.73. The van der Waals surface area contributed by atoms with Crippen molar-refractivity contribution in [1.29, 1.82) is 0 Å². The van der Waals surface area contributed by atoms with E-state index in [0.29, 0.717) is 10.9 Å². The molecule has 1 fully saturated rings. The third-order valence-corrected chi connectivity index (χ3v) is 5.09. The van der Waals surface area contributed by atoms with Crippen LogP contribution in [0.2, 0.25) is 0 Å². The van der Waals surface area contributed by atoms with Gasteiger partial charge in [-0.05, 0) is 38.7 Å². The van der Waals surface area contributed by atoms with Crippen LogP contribution in [-0.2, 0) is 0 Å². The van der Waals surface area contributed by atoms with Gasteiger partial charge in [0.1, 0.15) is 5.69 Å². The highest BCUT2D eigenvalue weighted by molar-refractivity contribution is 7.99. The van der Waals surface area contributed by atoms with Crippen LogP contribution in [0.4, 0.5) is 0 Å². The van der Waals surface area contributed by atoms with Gasteiger partial charge in [-0.1, -0.05) is 11.8 Å². The minimum atomic E-state index is -0.0822. The average molecular weight is 317 g/mol. The molecule has 2 aromatic heterocycles. The molecule has 1 amide bonds. The molecule has 3 rings (SSSR count). The van der Waals surface area contributed by atoms with Crippen LogP contribution in [0.1, 0.15) is 41.9 Å². The lowest BCUT2D eigenvalue weighted by atomic mass is 9.95. The van der Waals surface area contributed by atoms with Gasteiger partial charge < -0.3 is 10.3 Å². The number of hydrogen-bond donors (Lipinski definition) is 2. The molecule has 0 aromatic carbocycles. The van der Waals surface area contributed by atoms with Gasteiger partial charge in [0.25, 0.3) is 5.91 Å². The van der Waals surface area contributed by atoms with Crippen molar-refractivity contribution in [2.75, 3.05) is 0 Å². The van der Waals surface area contributed by atoms with Crippen molar-refractivity contribution in [1.82, 2.24) is 25.3 Å². The molecular formula is C15H19N5OS. The SMILES string of the molecule is Cc1[nH]cnc1C(=O)NC1CCC(Sc2ncccn2)CC1. The molecule has 1 aliphatic carbocycles. The third kappa shape index (κ3) is 3.65. The number of carbonyl (C=O) groups excluding carboxylic acids is 1. The zero-order chi connectivity index (χ0) is 15.4. The number of amides is 1. The molecule has 0 atom stereocenters. The van der Waals surface area contributed by atoms with Gasteiger partial charge in [-0.25, -0.2) is 15.0 Å². The highest BCUT2D eigenvalue weighted by Gasteiger charge is 2.25. The van der Waals surface area contributed by atoms with E-state index in [1.807, 2.05) is 13.0 Å². The number of thioether (sulfide) groups is 1. The summed E-state index contributed by atoms with van der Waals surface area (Å²) in [4.78, 5) is 27.7. The van der Waals surface area contributed by atoms with E-state index in [9.17, 15) is 4.79 Å². The highest BCUT2D eigenvalue weighted by Crippen LogP contribution is 2.31. The lowest BCUT2D eigenvalue weighted by Gasteiger charge is -2.28. The summed E-state index contributed by atoms with van der Waals surface area (Å²) in [6.45, 7) is 1.86. The van der Waals surface area contributed by atoms with E-state index in [-0.39, 0.29) is 11.9 Å². The van der Waals surface area contributed by atoms with Crippen molar-refractivity contribution < 1.29 is 4.79 Å². The summed E-state index contributed by atoms with van der Waals surface area (Å²) in [6.07, 6.45) is 9.19. The van der Waals surface area contributed by atoms with Gasteiger partial charge in [0, 0.05) is 29.4 Å². The zero-order valence-electron chi connectivity index (χ0n) is 12.5. The third-order valence-electron chi connectivity index (χ3n) is 3.87. The van der Waals surface area contributed by atoms with Crippen LogP contribution in [0.25, 0.3) is 0 Å². The van der Waals surface area contributed by atoms with Crippen molar-refractivity contribution in [2.24, 2.45) is 0 Å². The molecule has 1 saturated carbocycles. The average Bonchev–Trinajstić information content (AvgIpc) is 2.96. The van der Waals surface area contributed by atoms with Gasteiger partial charge in [-0.2, -0.15) is 0 Å². The van der Waals surface area contributed by atoms with Crippen LogP contribution in [0.15, 0.2) is 29.9 Å². The van der Waals surface area contributed by atoms with Crippen molar-refractivity contribution >= 4 is 17.7 Å². The second-order valence-corrected chi connectivity index (χ2v) is 6.74. The van der Waals surface area contributed by atoms with Crippen molar-refractivity contribution in [3.8, 4) is 0 Å². The van der Waals surface area contributed by atoms with E-state index in [2.05, 4.69) is 25.3 Å². The molecule has 2 heterocycles. The van der Waals surface area contributed by atoms with Crippen molar-refractivity contribution in [3.05, 3.63) is 36.2 Å². The molecule has 6 nitrogen and oxygen atoms in total. The second-order valence-electron chi connectivity index (χ2n) is 5.47. The Balaban J connectivity index is 1.48. The van der Waals surface area contributed by atoms with Gasteiger partial charge in [-0.3, -0.25) is 4.79 Å². The Hall–Kier alpha value is -1.89. The fourth-order valence-corrected chi connectivity index (χ4v) is 3.71. The van der Waals surface area contributed by atoms with Crippen LogP contribution in [0.5, 0.6) is 0 Å². The summed E-state index contributed by atoms with van der Waals surface area (Å²) in [5.74, 6) is -0.0822. The Bertz CT molecular complexity index is 622. The summed E-state index contributed by atoms with van der Waals surface area (Å²) in [5.41, 5.74) is 1.30. The standard InChI is InChI=1S/C15H19N5OS/c1-10-13(19-9-18-10)14(21)20-11-3-5-12(6-4-11)22-15-16-7-2-8-17-15/h2,7-9,11-12H,3-6H2,1H3,(H,18,19)(H,20,21). The van der Waals surface area contributed by atoms with Gasteiger partial charge in [0.15, 0.2) is 5.16 Å². The molecule has 0 unspecified atom stereocenters. The maximum absolute atomic E-state index is 12.1. The summed E-state index contributed by atoms with van der Waals surface area (Å²) in [7, 11) is 0. The molecule has 116 valence electrons.